The lowest BCUT2D eigenvalue weighted by Gasteiger charge is -2.32. The predicted molar refractivity (Wildman–Crippen MR) is 127 cm³/mol. The maximum absolute atomic E-state index is 13.2. The van der Waals surface area contributed by atoms with E-state index in [0.29, 0.717) is 31.5 Å². The van der Waals surface area contributed by atoms with Gasteiger partial charge >= 0.3 is 0 Å². The van der Waals surface area contributed by atoms with Crippen molar-refractivity contribution in [3.63, 3.8) is 0 Å². The molecule has 2 aliphatic heterocycles. The van der Waals surface area contributed by atoms with Gasteiger partial charge in [-0.2, -0.15) is 0 Å². The third-order valence-corrected chi connectivity index (χ3v) is 7.05. The Balaban J connectivity index is 1.26. The number of aromatic nitrogens is 1. The molecule has 2 aromatic rings. The third-order valence-electron chi connectivity index (χ3n) is 5.96. The topological polar surface area (TPSA) is 68.8 Å². The molecule has 170 valence electrons. The molecule has 1 fully saturated rings. The molecule has 0 spiro atoms. The maximum atomic E-state index is 13.2. The maximum Gasteiger partial charge on any atom is 0.261 e. The summed E-state index contributed by atoms with van der Waals surface area (Å²) >= 11 is 1.52. The lowest BCUT2D eigenvalue weighted by atomic mass is 10.2. The van der Waals surface area contributed by atoms with E-state index in [1.165, 1.54) is 11.8 Å². The second-order valence-electron chi connectivity index (χ2n) is 8.33. The van der Waals surface area contributed by atoms with Crippen LogP contribution in [0.25, 0.3) is 0 Å². The molecule has 1 N–H and O–H groups in total. The molecule has 0 atom stereocenters. The largest absolute Gasteiger partial charge is 0.356 e. The normalized spacial score (nSPS) is 16.9. The van der Waals surface area contributed by atoms with Crippen LogP contribution >= 0.6 is 11.8 Å². The van der Waals surface area contributed by atoms with Gasteiger partial charge < -0.3 is 20.0 Å². The van der Waals surface area contributed by atoms with Crippen molar-refractivity contribution in [2.24, 2.45) is 0 Å². The predicted octanol–water partition coefficient (Wildman–Crippen LogP) is 2.73. The first-order chi connectivity index (χ1) is 15.6. The molecule has 7 nitrogen and oxygen atoms in total. The van der Waals surface area contributed by atoms with Crippen molar-refractivity contribution < 1.29 is 9.59 Å². The van der Waals surface area contributed by atoms with Crippen LogP contribution in [0.2, 0.25) is 0 Å². The summed E-state index contributed by atoms with van der Waals surface area (Å²) in [7, 11) is 2.16. The lowest BCUT2D eigenvalue weighted by molar-refractivity contribution is -0.121. The fraction of sp³-hybridized carbons (Fsp3) is 0.458. The summed E-state index contributed by atoms with van der Waals surface area (Å²) in [6.07, 6.45) is 3.71. The molecule has 1 aromatic heterocycles. The molecular weight excluding hydrogens is 422 g/mol. The van der Waals surface area contributed by atoms with E-state index in [0.717, 1.165) is 54.8 Å². The minimum absolute atomic E-state index is 0.0513. The SMILES string of the molecule is CN1CCN(CCCNC(=O)CCCN2C(=O)c3cccnc3Sc3ccccc32)CC1. The van der Waals surface area contributed by atoms with Gasteiger partial charge in [-0.15, -0.1) is 0 Å². The highest BCUT2D eigenvalue weighted by molar-refractivity contribution is 7.99. The number of nitrogens with one attached hydrogen (secondary N) is 1. The number of piperazine rings is 1. The molecule has 0 bridgehead atoms. The van der Waals surface area contributed by atoms with Crippen molar-refractivity contribution in [1.29, 1.82) is 0 Å². The van der Waals surface area contributed by atoms with Crippen molar-refractivity contribution in [2.75, 3.05) is 57.8 Å². The van der Waals surface area contributed by atoms with Crippen LogP contribution in [-0.2, 0) is 4.79 Å². The number of likely N-dealkylation sites (N-methyl/N-ethyl adjacent to an activating group) is 1. The molecular formula is C24H31N5O2S. The second kappa shape index (κ2) is 10.9. The quantitative estimate of drug-likeness (QED) is 0.620. The zero-order valence-electron chi connectivity index (χ0n) is 18.6. The highest BCUT2D eigenvalue weighted by Gasteiger charge is 2.27. The Kier molecular flexibility index (Phi) is 7.78. The van der Waals surface area contributed by atoms with Crippen molar-refractivity contribution >= 4 is 29.3 Å². The Bertz CT molecular complexity index is 945. The average Bonchev–Trinajstić information content (AvgIpc) is 2.92. The van der Waals surface area contributed by atoms with E-state index in [4.69, 9.17) is 0 Å². The van der Waals surface area contributed by atoms with Gasteiger partial charge in [0.2, 0.25) is 5.91 Å². The Morgan fingerprint density at radius 1 is 1.06 bits per heavy atom. The van der Waals surface area contributed by atoms with Crippen LogP contribution in [0.4, 0.5) is 5.69 Å². The summed E-state index contributed by atoms with van der Waals surface area (Å²) in [5.74, 6) is -0.00601. The Morgan fingerprint density at radius 3 is 2.72 bits per heavy atom. The number of fused-ring (bicyclic) bond motifs is 2. The van der Waals surface area contributed by atoms with Gasteiger partial charge in [-0.1, -0.05) is 23.9 Å². The summed E-state index contributed by atoms with van der Waals surface area (Å²) in [6.45, 7) is 6.66. The zero-order valence-corrected chi connectivity index (χ0v) is 19.4. The van der Waals surface area contributed by atoms with Crippen LogP contribution in [0.15, 0.2) is 52.5 Å². The van der Waals surface area contributed by atoms with Gasteiger partial charge in [-0.3, -0.25) is 9.59 Å². The number of carbonyl (C=O) groups excluding carboxylic acids is 2. The number of pyridine rings is 1. The Morgan fingerprint density at radius 2 is 1.88 bits per heavy atom. The standard InChI is InChI=1S/C24H31N5O2S/c1-27-15-17-28(18-16-27)13-6-12-25-22(30)10-5-14-29-20-8-2-3-9-21(20)32-23-19(24(29)31)7-4-11-26-23/h2-4,7-9,11H,5-6,10,12-18H2,1H3,(H,25,30). The Labute approximate surface area is 194 Å². The summed E-state index contributed by atoms with van der Waals surface area (Å²) in [6, 6.07) is 11.5. The second-order valence-corrected chi connectivity index (χ2v) is 9.37. The van der Waals surface area contributed by atoms with Crippen LogP contribution in [0.5, 0.6) is 0 Å². The highest BCUT2D eigenvalue weighted by atomic mass is 32.2. The lowest BCUT2D eigenvalue weighted by Crippen LogP contribution is -2.45. The molecule has 0 unspecified atom stereocenters. The number of benzene rings is 1. The number of para-hydroxylation sites is 1. The summed E-state index contributed by atoms with van der Waals surface area (Å²) in [5.41, 5.74) is 1.50. The zero-order chi connectivity index (χ0) is 22.3. The Hall–Kier alpha value is -2.42. The van der Waals surface area contributed by atoms with E-state index in [2.05, 4.69) is 27.1 Å². The van der Waals surface area contributed by atoms with Crippen LogP contribution in [0, 0.1) is 0 Å². The van der Waals surface area contributed by atoms with E-state index in [9.17, 15) is 9.59 Å². The molecule has 1 saturated heterocycles. The smallest absolute Gasteiger partial charge is 0.261 e. The summed E-state index contributed by atoms with van der Waals surface area (Å²) in [4.78, 5) is 37.5. The number of carbonyl (C=O) groups is 2. The average molecular weight is 454 g/mol. The summed E-state index contributed by atoms with van der Waals surface area (Å²) < 4.78 is 0. The molecule has 0 saturated carbocycles. The number of nitrogens with zero attached hydrogens (tertiary/aromatic N) is 4. The minimum Gasteiger partial charge on any atom is -0.356 e. The van der Waals surface area contributed by atoms with Crippen LogP contribution in [0.3, 0.4) is 0 Å². The first kappa shape index (κ1) is 22.8. The number of amides is 2. The van der Waals surface area contributed by atoms with Crippen LogP contribution in [0.1, 0.15) is 29.6 Å². The minimum atomic E-state index is -0.0573. The van der Waals surface area contributed by atoms with E-state index >= 15 is 0 Å². The van der Waals surface area contributed by atoms with Crippen molar-refractivity contribution in [2.45, 2.75) is 29.2 Å². The van der Waals surface area contributed by atoms with Gasteiger partial charge in [0.1, 0.15) is 5.03 Å². The molecule has 2 amide bonds. The van der Waals surface area contributed by atoms with E-state index in [1.54, 1.807) is 17.2 Å². The van der Waals surface area contributed by atoms with Crippen molar-refractivity contribution in [3.05, 3.63) is 48.2 Å². The summed E-state index contributed by atoms with van der Waals surface area (Å²) in [5, 5.41) is 3.76. The van der Waals surface area contributed by atoms with Gasteiger partial charge in [0.25, 0.3) is 5.91 Å². The third kappa shape index (κ3) is 5.68. The van der Waals surface area contributed by atoms with E-state index < -0.39 is 0 Å². The number of anilines is 1. The fourth-order valence-electron chi connectivity index (χ4n) is 4.07. The fourth-order valence-corrected chi connectivity index (χ4v) is 5.09. The van der Waals surface area contributed by atoms with E-state index in [1.807, 2.05) is 30.3 Å². The molecule has 1 aromatic carbocycles. The number of hydrogen-bond donors (Lipinski definition) is 1. The van der Waals surface area contributed by atoms with Gasteiger partial charge in [0.05, 0.1) is 11.3 Å². The van der Waals surface area contributed by atoms with Gasteiger partial charge in [-0.05, 0) is 50.7 Å². The molecule has 2 aliphatic rings. The first-order valence-corrected chi connectivity index (χ1v) is 12.1. The molecule has 32 heavy (non-hydrogen) atoms. The number of rotatable bonds is 8. The van der Waals surface area contributed by atoms with Crippen molar-refractivity contribution in [1.82, 2.24) is 20.1 Å². The van der Waals surface area contributed by atoms with Crippen molar-refractivity contribution in [3.8, 4) is 0 Å². The van der Waals surface area contributed by atoms with Crippen LogP contribution in [-0.4, -0.2) is 79.5 Å². The molecule has 0 aliphatic carbocycles. The van der Waals surface area contributed by atoms with Gasteiger partial charge in [0.15, 0.2) is 0 Å². The molecule has 4 rings (SSSR count). The molecule has 0 radical (unpaired) electrons. The first-order valence-electron chi connectivity index (χ1n) is 11.3. The van der Waals surface area contributed by atoms with Gasteiger partial charge in [-0.25, -0.2) is 4.98 Å². The molecule has 8 heteroatoms. The van der Waals surface area contributed by atoms with Crippen LogP contribution < -0.4 is 10.2 Å². The molecule has 3 heterocycles. The van der Waals surface area contributed by atoms with E-state index in [-0.39, 0.29) is 11.8 Å². The monoisotopic (exact) mass is 453 g/mol. The number of hydrogen-bond acceptors (Lipinski definition) is 6. The highest BCUT2D eigenvalue weighted by Crippen LogP contribution is 2.40. The van der Waals surface area contributed by atoms with Gasteiger partial charge in [0, 0.05) is 56.8 Å².